The molecule has 1 rings (SSSR count). The summed E-state index contributed by atoms with van der Waals surface area (Å²) in [7, 11) is 0. The fraction of sp³-hybridized carbons (Fsp3) is 0.667. The molecule has 0 saturated carbocycles. The van der Waals surface area contributed by atoms with E-state index in [4.69, 9.17) is 18.9 Å². The highest BCUT2D eigenvalue weighted by atomic mass is 16.7. The topological polar surface area (TPSA) is 135 Å². The molecule has 1 heterocycles. The molecule has 1 aliphatic rings. The molecule has 342 valence electrons. The highest BCUT2D eigenvalue weighted by molar-refractivity contribution is 5.69. The summed E-state index contributed by atoms with van der Waals surface area (Å²) in [6.45, 7) is 4.32. The average Bonchev–Trinajstić information content (AvgIpc) is 3.25. The number of esters is 1. The fourth-order valence-corrected chi connectivity index (χ4v) is 6.36. The summed E-state index contributed by atoms with van der Waals surface area (Å²) >= 11 is 0. The molecule has 0 aromatic heterocycles. The lowest BCUT2D eigenvalue weighted by Crippen LogP contribution is -2.59. The first-order valence-corrected chi connectivity index (χ1v) is 23.3. The summed E-state index contributed by atoms with van der Waals surface area (Å²) in [6.07, 6.45) is 50.1. The zero-order valence-electron chi connectivity index (χ0n) is 37.4. The minimum Gasteiger partial charge on any atom is -0.457 e. The summed E-state index contributed by atoms with van der Waals surface area (Å²) in [5.74, 6) is -0.377. The van der Waals surface area contributed by atoms with Gasteiger partial charge < -0.3 is 39.4 Å². The Labute approximate surface area is 364 Å². The van der Waals surface area contributed by atoms with E-state index in [-0.39, 0.29) is 25.6 Å². The highest BCUT2D eigenvalue weighted by Crippen LogP contribution is 2.22. The molecule has 9 nitrogen and oxygen atoms in total. The van der Waals surface area contributed by atoms with Crippen LogP contribution < -0.4 is 0 Å². The Morgan fingerprint density at radius 1 is 0.550 bits per heavy atom. The molecular formula is C51H84O9. The Balaban J connectivity index is 2.32. The predicted molar refractivity (Wildman–Crippen MR) is 246 cm³/mol. The van der Waals surface area contributed by atoms with Crippen molar-refractivity contribution in [2.45, 2.75) is 192 Å². The Bertz CT molecular complexity index is 1230. The normalized spacial score (nSPS) is 20.9. The summed E-state index contributed by atoms with van der Waals surface area (Å²) in [6, 6.07) is 0. The summed E-state index contributed by atoms with van der Waals surface area (Å²) < 4.78 is 22.7. The standard InChI is InChI=1S/C51H84O9/c1-3-5-7-9-11-13-15-17-19-20-21-22-23-24-25-26-27-28-30-32-34-36-38-40-47(53)59-45(44-58-51-50(56)49(55)48(54)46(42-52)60-51)43-57-41-39-37-35-33-31-29-18-16-14-12-10-8-6-4-2/h5,7,11,13-14,16-17,19,21-22,24-25,27-28,32,34,45-46,48-52,54-56H,3-4,6,8-10,12,15,18,20,23,26,29-31,33,35-44H2,1-2H3/b7-5-,13-11-,16-14-,19-17-,22-21-,25-24-,28-27-,34-32-. The van der Waals surface area contributed by atoms with Crippen LogP contribution in [-0.2, 0) is 23.7 Å². The van der Waals surface area contributed by atoms with Gasteiger partial charge >= 0.3 is 5.97 Å². The first-order valence-electron chi connectivity index (χ1n) is 23.3. The van der Waals surface area contributed by atoms with Gasteiger partial charge in [-0.25, -0.2) is 0 Å². The van der Waals surface area contributed by atoms with Gasteiger partial charge in [0.1, 0.15) is 30.5 Å². The maximum atomic E-state index is 12.8. The maximum absolute atomic E-state index is 12.8. The van der Waals surface area contributed by atoms with Crippen LogP contribution in [-0.4, -0.2) is 89.6 Å². The third-order valence-corrected chi connectivity index (χ3v) is 9.98. The Morgan fingerprint density at radius 3 is 1.55 bits per heavy atom. The van der Waals surface area contributed by atoms with Crippen LogP contribution in [0, 0.1) is 0 Å². The molecule has 1 fully saturated rings. The van der Waals surface area contributed by atoms with Gasteiger partial charge in [0.15, 0.2) is 6.29 Å². The molecule has 6 atom stereocenters. The van der Waals surface area contributed by atoms with Crippen molar-refractivity contribution in [3.05, 3.63) is 97.2 Å². The van der Waals surface area contributed by atoms with Crippen molar-refractivity contribution in [1.29, 1.82) is 0 Å². The van der Waals surface area contributed by atoms with Crippen molar-refractivity contribution in [3.8, 4) is 0 Å². The number of ether oxygens (including phenoxy) is 4. The zero-order chi connectivity index (χ0) is 43.6. The zero-order valence-corrected chi connectivity index (χ0v) is 37.4. The van der Waals surface area contributed by atoms with Crippen molar-refractivity contribution >= 4 is 5.97 Å². The molecule has 0 radical (unpaired) electrons. The van der Waals surface area contributed by atoms with Gasteiger partial charge in [-0.15, -0.1) is 0 Å². The summed E-state index contributed by atoms with van der Waals surface area (Å²) in [5, 5.41) is 40.1. The lowest BCUT2D eigenvalue weighted by molar-refractivity contribution is -0.305. The van der Waals surface area contributed by atoms with E-state index in [0.29, 0.717) is 13.0 Å². The minimum atomic E-state index is -1.55. The van der Waals surface area contributed by atoms with Gasteiger partial charge in [-0.2, -0.15) is 0 Å². The van der Waals surface area contributed by atoms with Crippen molar-refractivity contribution in [3.63, 3.8) is 0 Å². The quantitative estimate of drug-likeness (QED) is 0.0272. The van der Waals surface area contributed by atoms with E-state index >= 15 is 0 Å². The van der Waals surface area contributed by atoms with Crippen LogP contribution in [0.1, 0.15) is 155 Å². The molecule has 4 N–H and O–H groups in total. The molecule has 9 heteroatoms. The monoisotopic (exact) mass is 841 g/mol. The smallest absolute Gasteiger partial charge is 0.306 e. The lowest BCUT2D eigenvalue weighted by atomic mass is 9.99. The summed E-state index contributed by atoms with van der Waals surface area (Å²) in [4.78, 5) is 12.8. The molecule has 0 bridgehead atoms. The van der Waals surface area contributed by atoms with Crippen molar-refractivity contribution in [2.24, 2.45) is 0 Å². The maximum Gasteiger partial charge on any atom is 0.306 e. The average molecular weight is 841 g/mol. The molecule has 60 heavy (non-hydrogen) atoms. The Hall–Kier alpha value is -2.89. The van der Waals surface area contributed by atoms with E-state index in [1.165, 1.54) is 51.4 Å². The third kappa shape index (κ3) is 31.9. The van der Waals surface area contributed by atoms with Crippen LogP contribution in [0.3, 0.4) is 0 Å². The van der Waals surface area contributed by atoms with Gasteiger partial charge in [0.05, 0.1) is 19.8 Å². The molecule has 0 aromatic carbocycles. The second-order valence-electron chi connectivity index (χ2n) is 15.5. The van der Waals surface area contributed by atoms with Gasteiger partial charge in [0, 0.05) is 13.0 Å². The van der Waals surface area contributed by atoms with Crippen molar-refractivity contribution in [1.82, 2.24) is 0 Å². The first kappa shape index (κ1) is 55.1. The molecular weight excluding hydrogens is 757 g/mol. The number of unbranched alkanes of at least 4 members (excludes halogenated alkanes) is 11. The van der Waals surface area contributed by atoms with Gasteiger partial charge in [0.25, 0.3) is 0 Å². The predicted octanol–water partition coefficient (Wildman–Crippen LogP) is 10.8. The Kier molecular flexibility index (Phi) is 38.1. The molecule has 0 spiro atoms. The molecule has 1 saturated heterocycles. The molecule has 0 aromatic rings. The Morgan fingerprint density at radius 2 is 1.02 bits per heavy atom. The van der Waals surface area contributed by atoms with Crippen molar-refractivity contribution < 1.29 is 44.2 Å². The van der Waals surface area contributed by atoms with Gasteiger partial charge in [-0.3, -0.25) is 4.79 Å². The van der Waals surface area contributed by atoms with Crippen LogP contribution in [0.5, 0.6) is 0 Å². The van der Waals surface area contributed by atoms with Crippen LogP contribution in [0.25, 0.3) is 0 Å². The molecule has 6 unspecified atom stereocenters. The SMILES string of the molecule is CC/C=C\C/C=C\C/C=C\C/C=C\C/C=C\C/C=C\C/C=C\CCCC(=O)OC(COCCCCCCCC/C=C\CCCCCC)COC1OC(CO)C(O)C(O)C1O. The minimum absolute atomic E-state index is 0.111. The largest absolute Gasteiger partial charge is 0.457 e. The van der Waals surface area contributed by atoms with E-state index < -0.39 is 43.4 Å². The lowest BCUT2D eigenvalue weighted by Gasteiger charge is -2.39. The van der Waals surface area contributed by atoms with Gasteiger partial charge in [0.2, 0.25) is 0 Å². The third-order valence-electron chi connectivity index (χ3n) is 9.98. The number of aliphatic hydroxyl groups excluding tert-OH is 4. The van der Waals surface area contributed by atoms with Crippen LogP contribution in [0.15, 0.2) is 97.2 Å². The molecule has 0 amide bonds. The van der Waals surface area contributed by atoms with Crippen LogP contribution in [0.2, 0.25) is 0 Å². The second-order valence-corrected chi connectivity index (χ2v) is 15.5. The van der Waals surface area contributed by atoms with E-state index in [2.05, 4.69) is 111 Å². The first-order chi connectivity index (χ1) is 29.4. The highest BCUT2D eigenvalue weighted by Gasteiger charge is 2.44. The van der Waals surface area contributed by atoms with E-state index in [1.807, 2.05) is 0 Å². The van der Waals surface area contributed by atoms with E-state index in [1.54, 1.807) is 0 Å². The van der Waals surface area contributed by atoms with Crippen molar-refractivity contribution in [2.75, 3.05) is 26.4 Å². The van der Waals surface area contributed by atoms with E-state index in [9.17, 15) is 25.2 Å². The number of rotatable bonds is 38. The molecule has 0 aliphatic carbocycles. The summed E-state index contributed by atoms with van der Waals surface area (Å²) in [5.41, 5.74) is 0. The number of allylic oxidation sites excluding steroid dienone is 16. The van der Waals surface area contributed by atoms with Crippen LogP contribution in [0.4, 0.5) is 0 Å². The second kappa shape index (κ2) is 41.5. The number of carbonyl (C=O) groups excluding carboxylic acids is 1. The van der Waals surface area contributed by atoms with Gasteiger partial charge in [-0.05, 0) is 89.9 Å². The number of hydrogen-bond acceptors (Lipinski definition) is 9. The van der Waals surface area contributed by atoms with Gasteiger partial charge in [-0.1, -0.05) is 156 Å². The molecule has 1 aliphatic heterocycles. The van der Waals surface area contributed by atoms with Crippen LogP contribution >= 0.6 is 0 Å². The fourth-order valence-electron chi connectivity index (χ4n) is 6.36. The number of hydrogen-bond donors (Lipinski definition) is 4. The number of aliphatic hydroxyl groups is 4. The number of carbonyl (C=O) groups is 1. The van der Waals surface area contributed by atoms with E-state index in [0.717, 1.165) is 77.0 Å².